The molecule has 0 unspecified atom stereocenters. The Labute approximate surface area is 224 Å². The van der Waals surface area contributed by atoms with Crippen molar-refractivity contribution in [1.29, 1.82) is 0 Å². The first-order valence-electron chi connectivity index (χ1n) is 13.0. The lowest BCUT2D eigenvalue weighted by Gasteiger charge is -2.36. The lowest BCUT2D eigenvalue weighted by Crippen LogP contribution is -2.49. The molecule has 2 aliphatic heterocycles. The number of aryl methyl sites for hydroxylation is 1. The number of hydrogen-bond donors (Lipinski definition) is 0. The number of nitrogens with zero attached hydrogens (tertiary/aromatic N) is 4. The molecule has 2 fully saturated rings. The van der Waals surface area contributed by atoms with Gasteiger partial charge in [0.1, 0.15) is 5.82 Å². The average Bonchev–Trinajstić information content (AvgIpc) is 2.94. The summed E-state index contributed by atoms with van der Waals surface area (Å²) in [6, 6.07) is 21.4. The summed E-state index contributed by atoms with van der Waals surface area (Å²) in [5.74, 6) is -0.261. The van der Waals surface area contributed by atoms with Crippen molar-refractivity contribution in [3.05, 3.63) is 95.3 Å². The third-order valence-electron chi connectivity index (χ3n) is 7.33. The summed E-state index contributed by atoms with van der Waals surface area (Å²) in [4.78, 5) is 19.6. The predicted octanol–water partition coefficient (Wildman–Crippen LogP) is 3.60. The van der Waals surface area contributed by atoms with Gasteiger partial charge in [-0.2, -0.15) is 4.31 Å². The van der Waals surface area contributed by atoms with Gasteiger partial charge in [-0.15, -0.1) is 0 Å². The van der Waals surface area contributed by atoms with E-state index < -0.39 is 10.0 Å². The summed E-state index contributed by atoms with van der Waals surface area (Å²) < 4.78 is 41.7. The average molecular weight is 537 g/mol. The minimum Gasteiger partial charge on any atom is -0.366 e. The molecule has 0 saturated carbocycles. The zero-order chi connectivity index (χ0) is 26.7. The minimum absolute atomic E-state index is 0.0194. The van der Waals surface area contributed by atoms with Crippen molar-refractivity contribution in [3.8, 4) is 0 Å². The largest absolute Gasteiger partial charge is 0.366 e. The first-order valence-corrected chi connectivity index (χ1v) is 14.4. The standard InChI is InChI=1S/C29H33FN4O3S/c1-23-9-11-26(12-10-23)38(36,37)34-19-13-31(14-20-34)22-24-5-4-6-25(21-24)29(35)33-17-15-32(16-18-33)28-8-3-2-7-27(28)30/h2-12,21H,13-20,22H2,1H3. The van der Waals surface area contributed by atoms with Crippen LogP contribution in [0.4, 0.5) is 10.1 Å². The van der Waals surface area contributed by atoms with E-state index >= 15 is 0 Å². The number of benzene rings is 3. The van der Waals surface area contributed by atoms with E-state index in [2.05, 4.69) is 4.90 Å². The van der Waals surface area contributed by atoms with Crippen LogP contribution in [0.25, 0.3) is 0 Å². The van der Waals surface area contributed by atoms with E-state index in [0.29, 0.717) is 75.0 Å². The van der Waals surface area contributed by atoms with E-state index in [-0.39, 0.29) is 11.7 Å². The van der Waals surface area contributed by atoms with E-state index in [0.717, 1.165) is 11.1 Å². The van der Waals surface area contributed by atoms with Crippen molar-refractivity contribution >= 4 is 21.6 Å². The van der Waals surface area contributed by atoms with Gasteiger partial charge in [-0.05, 0) is 48.9 Å². The van der Waals surface area contributed by atoms with Crippen LogP contribution < -0.4 is 4.90 Å². The monoisotopic (exact) mass is 536 g/mol. The SMILES string of the molecule is Cc1ccc(S(=O)(=O)N2CCN(Cc3cccc(C(=O)N4CCN(c5ccccc5F)CC4)c3)CC2)cc1. The molecule has 3 aromatic carbocycles. The highest BCUT2D eigenvalue weighted by Gasteiger charge is 2.29. The molecule has 38 heavy (non-hydrogen) atoms. The Morgan fingerprint density at radius 3 is 2.18 bits per heavy atom. The fourth-order valence-electron chi connectivity index (χ4n) is 5.09. The van der Waals surface area contributed by atoms with Crippen LogP contribution in [-0.4, -0.2) is 80.8 Å². The molecule has 9 heteroatoms. The first-order chi connectivity index (χ1) is 18.3. The molecule has 3 aromatic rings. The smallest absolute Gasteiger partial charge is 0.253 e. The van der Waals surface area contributed by atoms with Crippen LogP contribution in [-0.2, 0) is 16.6 Å². The Balaban J connectivity index is 1.15. The Hall–Kier alpha value is -3.27. The normalized spacial score (nSPS) is 17.5. The molecule has 7 nitrogen and oxygen atoms in total. The maximum atomic E-state index is 14.1. The number of sulfonamides is 1. The molecule has 200 valence electrons. The van der Waals surface area contributed by atoms with Crippen LogP contribution in [0.2, 0.25) is 0 Å². The Kier molecular flexibility index (Phi) is 7.78. The van der Waals surface area contributed by atoms with Crippen LogP contribution >= 0.6 is 0 Å². The van der Waals surface area contributed by atoms with E-state index in [4.69, 9.17) is 0 Å². The van der Waals surface area contributed by atoms with Crippen molar-refractivity contribution in [3.63, 3.8) is 0 Å². The molecule has 5 rings (SSSR count). The predicted molar refractivity (Wildman–Crippen MR) is 146 cm³/mol. The molecule has 0 spiro atoms. The van der Waals surface area contributed by atoms with Crippen molar-refractivity contribution in [2.24, 2.45) is 0 Å². The highest BCUT2D eigenvalue weighted by atomic mass is 32.2. The van der Waals surface area contributed by atoms with Crippen LogP contribution in [0.3, 0.4) is 0 Å². The molecule has 0 radical (unpaired) electrons. The maximum absolute atomic E-state index is 14.1. The molecular weight excluding hydrogens is 503 g/mol. The van der Waals surface area contributed by atoms with Gasteiger partial charge >= 0.3 is 0 Å². The van der Waals surface area contributed by atoms with E-state index in [1.54, 1.807) is 28.6 Å². The zero-order valence-electron chi connectivity index (χ0n) is 21.6. The van der Waals surface area contributed by atoms with Gasteiger partial charge in [0.2, 0.25) is 10.0 Å². The minimum atomic E-state index is -3.50. The van der Waals surface area contributed by atoms with E-state index in [1.165, 1.54) is 6.07 Å². The molecule has 2 saturated heterocycles. The van der Waals surface area contributed by atoms with Gasteiger partial charge in [0, 0.05) is 64.5 Å². The molecule has 0 aromatic heterocycles. The molecule has 0 atom stereocenters. The van der Waals surface area contributed by atoms with E-state index in [9.17, 15) is 17.6 Å². The second-order valence-corrected chi connectivity index (χ2v) is 11.9. The maximum Gasteiger partial charge on any atom is 0.253 e. The van der Waals surface area contributed by atoms with Crippen LogP contribution in [0.5, 0.6) is 0 Å². The van der Waals surface area contributed by atoms with Crippen LogP contribution in [0.15, 0.2) is 77.7 Å². The van der Waals surface area contributed by atoms with Gasteiger partial charge in [-0.25, -0.2) is 12.8 Å². The number of amides is 1. The van der Waals surface area contributed by atoms with Gasteiger partial charge in [0.05, 0.1) is 10.6 Å². The summed E-state index contributed by atoms with van der Waals surface area (Å²) >= 11 is 0. The van der Waals surface area contributed by atoms with E-state index in [1.807, 2.05) is 59.2 Å². The van der Waals surface area contributed by atoms with Crippen molar-refractivity contribution in [2.75, 3.05) is 57.3 Å². The second-order valence-electron chi connectivity index (χ2n) is 9.92. The lowest BCUT2D eigenvalue weighted by atomic mass is 10.1. The van der Waals surface area contributed by atoms with Gasteiger partial charge in [0.25, 0.3) is 5.91 Å². The Morgan fingerprint density at radius 2 is 1.50 bits per heavy atom. The van der Waals surface area contributed by atoms with Gasteiger partial charge < -0.3 is 9.80 Å². The van der Waals surface area contributed by atoms with Gasteiger partial charge in [-0.3, -0.25) is 9.69 Å². The molecule has 0 N–H and O–H groups in total. The fourth-order valence-corrected chi connectivity index (χ4v) is 6.51. The molecule has 0 bridgehead atoms. The topological polar surface area (TPSA) is 64.2 Å². The van der Waals surface area contributed by atoms with Crippen LogP contribution in [0, 0.1) is 12.7 Å². The van der Waals surface area contributed by atoms with Crippen LogP contribution in [0.1, 0.15) is 21.5 Å². The van der Waals surface area contributed by atoms with Gasteiger partial charge in [0.15, 0.2) is 0 Å². The molecule has 2 heterocycles. The molecule has 0 aliphatic carbocycles. The highest BCUT2D eigenvalue weighted by Crippen LogP contribution is 2.22. The number of carbonyl (C=O) groups excluding carboxylic acids is 1. The molecular formula is C29H33FN4O3S. The summed E-state index contributed by atoms with van der Waals surface area (Å²) in [6.45, 7) is 6.95. The lowest BCUT2D eigenvalue weighted by molar-refractivity contribution is 0.0746. The zero-order valence-corrected chi connectivity index (χ0v) is 22.4. The number of carbonyl (C=O) groups is 1. The quantitative estimate of drug-likeness (QED) is 0.482. The summed E-state index contributed by atoms with van der Waals surface area (Å²) in [6.07, 6.45) is 0. The first kappa shape index (κ1) is 26.3. The number of anilines is 1. The van der Waals surface area contributed by atoms with Crippen molar-refractivity contribution in [1.82, 2.24) is 14.1 Å². The number of piperazine rings is 2. The number of para-hydroxylation sites is 1. The third kappa shape index (κ3) is 5.75. The third-order valence-corrected chi connectivity index (χ3v) is 9.24. The molecule has 2 aliphatic rings. The van der Waals surface area contributed by atoms with Gasteiger partial charge in [-0.1, -0.05) is 42.0 Å². The van der Waals surface area contributed by atoms with Crippen molar-refractivity contribution < 1.29 is 17.6 Å². The second kappa shape index (κ2) is 11.2. The fraction of sp³-hybridized carbons (Fsp3) is 0.345. The number of rotatable bonds is 6. The number of hydrogen-bond acceptors (Lipinski definition) is 5. The summed E-state index contributed by atoms with van der Waals surface area (Å²) in [5.41, 5.74) is 3.27. The number of halogens is 1. The Bertz CT molecular complexity index is 1380. The Morgan fingerprint density at radius 1 is 0.816 bits per heavy atom. The summed E-state index contributed by atoms with van der Waals surface area (Å²) in [5, 5.41) is 0. The molecule has 1 amide bonds. The highest BCUT2D eigenvalue weighted by molar-refractivity contribution is 7.89. The van der Waals surface area contributed by atoms with Crippen molar-refractivity contribution in [2.45, 2.75) is 18.4 Å². The summed E-state index contributed by atoms with van der Waals surface area (Å²) in [7, 11) is -3.50.